The van der Waals surface area contributed by atoms with Crippen LogP contribution in [0.5, 0.6) is 11.5 Å². The van der Waals surface area contributed by atoms with E-state index < -0.39 is 37.2 Å². The SMILES string of the molecule is COc1ccc(C(OC[C@]2(COP(OCCC#N)N(C(C)C)C(C)C)CN(C3CCCCC3)C[C@H](n3ccc(=O)[nH]c3=O)O2)(c2ccccc2)c2ccc(OC)cc2)cc1. The number of H-pyrrole nitrogens is 1. The monoisotopic (exact) mass is 841 g/mol. The molecule has 0 radical (unpaired) electrons. The van der Waals surface area contributed by atoms with Crippen molar-refractivity contribution in [2.75, 3.05) is 47.1 Å². The minimum Gasteiger partial charge on any atom is -0.497 e. The van der Waals surface area contributed by atoms with E-state index in [2.05, 4.69) is 60.5 Å². The van der Waals surface area contributed by atoms with Crippen LogP contribution in [0.2, 0.25) is 0 Å². The summed E-state index contributed by atoms with van der Waals surface area (Å²) in [5.41, 5.74) is -0.802. The molecule has 3 aromatic carbocycles. The molecular formula is C46H60N5O8P. The number of hydrogen-bond donors (Lipinski definition) is 1. The summed E-state index contributed by atoms with van der Waals surface area (Å²) in [6.45, 7) is 9.53. The lowest BCUT2D eigenvalue weighted by Gasteiger charge is -2.50. The minimum absolute atomic E-state index is 0.0164. The Labute approximate surface area is 355 Å². The van der Waals surface area contributed by atoms with Crippen molar-refractivity contribution in [3.63, 3.8) is 0 Å². The summed E-state index contributed by atoms with van der Waals surface area (Å²) < 4.78 is 43.1. The molecule has 322 valence electrons. The molecule has 1 saturated carbocycles. The maximum Gasteiger partial charge on any atom is 0.330 e. The molecule has 2 aliphatic rings. The summed E-state index contributed by atoms with van der Waals surface area (Å²) in [6, 6.07) is 29.8. The first-order chi connectivity index (χ1) is 29.0. The third-order valence-corrected chi connectivity index (χ3v) is 13.4. The van der Waals surface area contributed by atoms with Gasteiger partial charge in [0.2, 0.25) is 0 Å². The molecule has 1 N–H and O–H groups in total. The summed E-state index contributed by atoms with van der Waals surface area (Å²) in [5.74, 6) is 1.41. The van der Waals surface area contributed by atoms with Crippen LogP contribution in [-0.4, -0.2) is 90.0 Å². The predicted octanol–water partition coefficient (Wildman–Crippen LogP) is 7.76. The first-order valence-corrected chi connectivity index (χ1v) is 22.1. The van der Waals surface area contributed by atoms with Crippen molar-refractivity contribution in [1.82, 2.24) is 19.1 Å². The van der Waals surface area contributed by atoms with Gasteiger partial charge in [0, 0.05) is 43.5 Å². The zero-order chi connectivity index (χ0) is 42.7. The molecule has 1 aromatic heterocycles. The molecule has 4 aromatic rings. The Hall–Kier alpha value is -4.38. The highest BCUT2D eigenvalue weighted by atomic mass is 31.2. The minimum atomic E-state index is -1.68. The van der Waals surface area contributed by atoms with E-state index in [0.29, 0.717) is 24.6 Å². The highest BCUT2D eigenvalue weighted by Gasteiger charge is 2.49. The van der Waals surface area contributed by atoms with Gasteiger partial charge in [-0.15, -0.1) is 0 Å². The fraction of sp³-hybridized carbons (Fsp3) is 0.500. The number of ether oxygens (including phenoxy) is 4. The number of rotatable bonds is 19. The number of morpholine rings is 1. The van der Waals surface area contributed by atoms with Crippen molar-refractivity contribution in [2.45, 2.75) is 102 Å². The number of aromatic amines is 1. The second-order valence-corrected chi connectivity index (χ2v) is 17.6. The highest BCUT2D eigenvalue weighted by Crippen LogP contribution is 2.49. The van der Waals surface area contributed by atoms with E-state index in [9.17, 15) is 14.9 Å². The molecule has 1 saturated heterocycles. The first-order valence-electron chi connectivity index (χ1n) is 21.0. The molecule has 0 amide bonds. The van der Waals surface area contributed by atoms with E-state index in [1.54, 1.807) is 14.2 Å². The van der Waals surface area contributed by atoms with E-state index in [0.717, 1.165) is 42.4 Å². The van der Waals surface area contributed by atoms with Crippen molar-refractivity contribution in [2.24, 2.45) is 0 Å². The average molecular weight is 842 g/mol. The van der Waals surface area contributed by atoms with Gasteiger partial charge in [-0.05, 0) is 81.5 Å². The van der Waals surface area contributed by atoms with Crippen LogP contribution in [0.15, 0.2) is 101 Å². The van der Waals surface area contributed by atoms with E-state index in [1.165, 1.54) is 23.3 Å². The van der Waals surface area contributed by atoms with Gasteiger partial charge < -0.3 is 28.0 Å². The molecule has 0 bridgehead atoms. The van der Waals surface area contributed by atoms with Gasteiger partial charge >= 0.3 is 5.69 Å². The Balaban J connectivity index is 1.52. The first kappa shape index (κ1) is 45.2. The Morgan fingerprint density at radius 3 is 2.00 bits per heavy atom. The van der Waals surface area contributed by atoms with Crippen LogP contribution in [0.4, 0.5) is 0 Å². The average Bonchev–Trinajstić information content (AvgIpc) is 3.26. The molecular weight excluding hydrogens is 782 g/mol. The number of nitrogens with one attached hydrogen (secondary N) is 1. The van der Waals surface area contributed by atoms with Crippen molar-refractivity contribution >= 4 is 8.53 Å². The van der Waals surface area contributed by atoms with Gasteiger partial charge in [0.15, 0.2) is 6.23 Å². The third-order valence-electron chi connectivity index (χ3n) is 11.3. The second-order valence-electron chi connectivity index (χ2n) is 16.1. The van der Waals surface area contributed by atoms with Crippen LogP contribution in [0.25, 0.3) is 0 Å². The number of nitriles is 1. The molecule has 3 atom stereocenters. The summed E-state index contributed by atoms with van der Waals surface area (Å²) in [6.07, 6.45) is 6.33. The molecule has 2 fully saturated rings. The maximum absolute atomic E-state index is 13.5. The van der Waals surface area contributed by atoms with Crippen LogP contribution >= 0.6 is 8.53 Å². The quantitative estimate of drug-likeness (QED) is 0.0563. The van der Waals surface area contributed by atoms with Crippen LogP contribution in [0.1, 0.15) is 89.1 Å². The molecule has 2 heterocycles. The molecule has 1 unspecified atom stereocenters. The van der Waals surface area contributed by atoms with E-state index >= 15 is 0 Å². The van der Waals surface area contributed by atoms with Crippen molar-refractivity contribution < 1.29 is 28.0 Å². The van der Waals surface area contributed by atoms with Gasteiger partial charge in [-0.2, -0.15) is 5.26 Å². The van der Waals surface area contributed by atoms with Gasteiger partial charge in [-0.3, -0.25) is 19.2 Å². The molecule has 14 heteroatoms. The maximum atomic E-state index is 13.5. The number of benzene rings is 3. The standard InChI is InChI=1S/C46H60N5O8P/c1-34(2)51(35(3)4)60(57-29-13-27-47)58-33-45(31-49(39-16-11-8-12-17-39)30-43(59-45)50-28-26-42(52)48-44(50)53)32-56-46(36-14-9-7-10-15-36,37-18-22-40(54-5)23-19-37)38-20-24-41(55-6)25-21-38/h7,9-10,14-15,18-26,28,34-35,39,43H,8,11-13,16-17,29-33H2,1-6H3,(H,48,52,53)/t43-,45+,60?/m1/s1. The van der Waals surface area contributed by atoms with Gasteiger partial charge in [0.25, 0.3) is 14.1 Å². The fourth-order valence-corrected chi connectivity index (χ4v) is 10.2. The number of aromatic nitrogens is 2. The second kappa shape index (κ2) is 20.9. The summed E-state index contributed by atoms with van der Waals surface area (Å²) in [5, 5.41) is 9.44. The fourth-order valence-electron chi connectivity index (χ4n) is 8.52. The van der Waals surface area contributed by atoms with E-state index in [1.807, 2.05) is 66.7 Å². The summed E-state index contributed by atoms with van der Waals surface area (Å²) in [4.78, 5) is 30.7. The third kappa shape index (κ3) is 10.6. The Kier molecular flexibility index (Phi) is 15.8. The van der Waals surface area contributed by atoms with Crippen LogP contribution in [-0.2, 0) is 24.1 Å². The number of methoxy groups -OCH3 is 2. The summed E-state index contributed by atoms with van der Waals surface area (Å²) in [7, 11) is 1.61. The zero-order valence-electron chi connectivity index (χ0n) is 35.7. The molecule has 0 spiro atoms. The van der Waals surface area contributed by atoms with Gasteiger partial charge in [0.1, 0.15) is 22.7 Å². The normalized spacial score (nSPS) is 19.7. The smallest absolute Gasteiger partial charge is 0.330 e. The van der Waals surface area contributed by atoms with E-state index in [-0.39, 0.29) is 44.4 Å². The lowest BCUT2D eigenvalue weighted by Crippen LogP contribution is -2.62. The van der Waals surface area contributed by atoms with Crippen molar-refractivity contribution in [3.05, 3.63) is 129 Å². The topological polar surface area (TPSA) is 141 Å². The lowest BCUT2D eigenvalue weighted by molar-refractivity contribution is -0.234. The molecule has 1 aliphatic carbocycles. The van der Waals surface area contributed by atoms with Crippen LogP contribution in [0.3, 0.4) is 0 Å². The Morgan fingerprint density at radius 2 is 1.45 bits per heavy atom. The van der Waals surface area contributed by atoms with Crippen LogP contribution in [0, 0.1) is 11.3 Å². The van der Waals surface area contributed by atoms with Gasteiger partial charge in [-0.25, -0.2) is 9.46 Å². The summed E-state index contributed by atoms with van der Waals surface area (Å²) >= 11 is 0. The lowest BCUT2D eigenvalue weighted by atomic mass is 9.79. The Morgan fingerprint density at radius 1 is 0.850 bits per heavy atom. The molecule has 13 nitrogen and oxygen atoms in total. The Bertz CT molecular complexity index is 2040. The van der Waals surface area contributed by atoms with Crippen LogP contribution < -0.4 is 20.7 Å². The molecule has 60 heavy (non-hydrogen) atoms. The molecule has 1 aliphatic heterocycles. The van der Waals surface area contributed by atoms with Crippen molar-refractivity contribution in [3.8, 4) is 17.6 Å². The highest BCUT2D eigenvalue weighted by molar-refractivity contribution is 7.44. The zero-order valence-corrected chi connectivity index (χ0v) is 36.6. The van der Waals surface area contributed by atoms with E-state index in [4.69, 9.17) is 28.0 Å². The number of nitrogens with zero attached hydrogens (tertiary/aromatic N) is 4. The largest absolute Gasteiger partial charge is 0.497 e. The number of hydrogen-bond acceptors (Lipinski definition) is 11. The van der Waals surface area contributed by atoms with Gasteiger partial charge in [-0.1, -0.05) is 73.9 Å². The van der Waals surface area contributed by atoms with Crippen molar-refractivity contribution in [1.29, 1.82) is 5.26 Å². The molecule has 6 rings (SSSR count). The predicted molar refractivity (Wildman–Crippen MR) is 232 cm³/mol. The van der Waals surface area contributed by atoms with Gasteiger partial charge in [0.05, 0.1) is 46.5 Å².